The van der Waals surface area contributed by atoms with E-state index in [1.807, 2.05) is 6.92 Å². The molecule has 0 radical (unpaired) electrons. The number of fused-ring (bicyclic) bond motifs is 1. The van der Waals surface area contributed by atoms with E-state index in [1.54, 1.807) is 16.3 Å². The lowest BCUT2D eigenvalue weighted by Crippen LogP contribution is -2.42. The van der Waals surface area contributed by atoms with Crippen molar-refractivity contribution in [1.82, 2.24) is 14.9 Å². The van der Waals surface area contributed by atoms with Crippen molar-refractivity contribution in [2.45, 2.75) is 31.0 Å². The number of thioether (sulfide) groups is 1. The number of aromatic nitrogens is 2. The molecule has 0 saturated carbocycles. The molecule has 0 bridgehead atoms. The average molecular weight is 402 g/mol. The van der Waals surface area contributed by atoms with Crippen molar-refractivity contribution in [2.75, 3.05) is 23.8 Å². The summed E-state index contributed by atoms with van der Waals surface area (Å²) in [6.07, 6.45) is 1.26. The van der Waals surface area contributed by atoms with Gasteiger partial charge in [0.15, 0.2) is 15.0 Å². The lowest BCUT2D eigenvalue weighted by Gasteiger charge is -2.27. The summed E-state index contributed by atoms with van der Waals surface area (Å²) in [6, 6.07) is 1.47. The maximum atomic E-state index is 12.6. The fraction of sp³-hybridized carbons (Fsp3) is 0.533. The summed E-state index contributed by atoms with van der Waals surface area (Å²) in [4.78, 5) is 33.9. The predicted octanol–water partition coefficient (Wildman–Crippen LogP) is 1.50. The zero-order valence-electron chi connectivity index (χ0n) is 13.7. The number of aromatic amines is 1. The number of carbonyl (C=O) groups is 1. The number of carbonyl (C=O) groups excluding carboxylic acids is 1. The zero-order valence-corrected chi connectivity index (χ0v) is 16.2. The summed E-state index contributed by atoms with van der Waals surface area (Å²) < 4.78 is 23.4. The van der Waals surface area contributed by atoms with Crippen LogP contribution in [0.25, 0.3) is 10.2 Å². The van der Waals surface area contributed by atoms with Crippen molar-refractivity contribution in [3.05, 3.63) is 21.8 Å². The molecule has 0 aromatic carbocycles. The minimum atomic E-state index is -3.04. The van der Waals surface area contributed by atoms with Gasteiger partial charge in [-0.3, -0.25) is 9.59 Å². The summed E-state index contributed by atoms with van der Waals surface area (Å²) >= 11 is 2.55. The van der Waals surface area contributed by atoms with Gasteiger partial charge >= 0.3 is 0 Å². The first-order valence-corrected chi connectivity index (χ1v) is 11.7. The van der Waals surface area contributed by atoms with Crippen LogP contribution in [0, 0.1) is 0 Å². The van der Waals surface area contributed by atoms with E-state index in [0.717, 1.165) is 6.42 Å². The van der Waals surface area contributed by atoms with Gasteiger partial charge in [0.05, 0.1) is 22.6 Å². The van der Waals surface area contributed by atoms with Crippen molar-refractivity contribution in [3.63, 3.8) is 0 Å². The fourth-order valence-corrected chi connectivity index (χ4v) is 6.20. The Labute approximate surface area is 153 Å². The second-order valence-electron chi connectivity index (χ2n) is 5.94. The molecular weight excluding hydrogens is 382 g/mol. The molecule has 3 rings (SSSR count). The first-order valence-electron chi connectivity index (χ1n) is 8.00. The van der Waals surface area contributed by atoms with Gasteiger partial charge in [0.25, 0.3) is 5.56 Å². The lowest BCUT2D eigenvalue weighted by atomic mass is 10.2. The third kappa shape index (κ3) is 4.24. The lowest BCUT2D eigenvalue weighted by molar-refractivity contribution is -0.130. The molecule has 1 aliphatic heterocycles. The van der Waals surface area contributed by atoms with E-state index in [0.29, 0.717) is 28.3 Å². The Balaban J connectivity index is 1.69. The van der Waals surface area contributed by atoms with Gasteiger partial charge in [-0.2, -0.15) is 0 Å². The van der Waals surface area contributed by atoms with Crippen LogP contribution in [0.1, 0.15) is 19.8 Å². The van der Waals surface area contributed by atoms with Crippen molar-refractivity contribution in [3.8, 4) is 0 Å². The smallest absolute Gasteiger partial charge is 0.260 e. The van der Waals surface area contributed by atoms with Crippen LogP contribution < -0.4 is 5.56 Å². The first kappa shape index (κ1) is 18.4. The molecular formula is C15H19N3O4S3. The highest BCUT2D eigenvalue weighted by atomic mass is 32.2. The van der Waals surface area contributed by atoms with Gasteiger partial charge in [0.2, 0.25) is 5.91 Å². The molecule has 136 valence electrons. The number of thiophene rings is 1. The molecule has 0 aliphatic carbocycles. The molecule has 1 saturated heterocycles. The van der Waals surface area contributed by atoms with Crippen LogP contribution in [0.3, 0.4) is 0 Å². The van der Waals surface area contributed by atoms with E-state index in [2.05, 4.69) is 9.97 Å². The summed E-state index contributed by atoms with van der Waals surface area (Å²) in [5.74, 6) is 0.181. The standard InChI is InChI=1S/C15H19N3O4S3/c1-2-5-18(10-4-7-25(21,22)9-10)12(19)8-24-15-16-13(20)11-3-6-23-14(11)17-15/h3,6,10H,2,4-5,7-9H2,1H3,(H,16,17,20). The average Bonchev–Trinajstić information content (AvgIpc) is 3.16. The van der Waals surface area contributed by atoms with Crippen molar-refractivity contribution < 1.29 is 13.2 Å². The molecule has 2 aromatic rings. The zero-order chi connectivity index (χ0) is 18.0. The normalized spacial score (nSPS) is 19.3. The predicted molar refractivity (Wildman–Crippen MR) is 100 cm³/mol. The van der Waals surface area contributed by atoms with Crippen LogP contribution in [0.2, 0.25) is 0 Å². The quantitative estimate of drug-likeness (QED) is 0.582. The highest BCUT2D eigenvalue weighted by Crippen LogP contribution is 2.22. The highest BCUT2D eigenvalue weighted by Gasteiger charge is 2.34. The Bertz CT molecular complexity index is 935. The number of nitrogens with one attached hydrogen (secondary N) is 1. The number of H-pyrrole nitrogens is 1. The van der Waals surface area contributed by atoms with Crippen molar-refractivity contribution >= 4 is 49.1 Å². The van der Waals surface area contributed by atoms with Gasteiger partial charge in [-0.1, -0.05) is 18.7 Å². The maximum absolute atomic E-state index is 12.6. The number of amides is 1. The summed E-state index contributed by atoms with van der Waals surface area (Å²) in [5.41, 5.74) is -0.214. The molecule has 3 heterocycles. The maximum Gasteiger partial charge on any atom is 0.260 e. The van der Waals surface area contributed by atoms with Crippen molar-refractivity contribution in [1.29, 1.82) is 0 Å². The van der Waals surface area contributed by atoms with Gasteiger partial charge in [-0.15, -0.1) is 11.3 Å². The second kappa shape index (κ2) is 7.46. The summed E-state index contributed by atoms with van der Waals surface area (Å²) in [6.45, 7) is 2.49. The minimum Gasteiger partial charge on any atom is -0.338 e. The topological polar surface area (TPSA) is 100 Å². The minimum absolute atomic E-state index is 0.0413. The molecule has 1 unspecified atom stereocenters. The van der Waals surface area contributed by atoms with E-state index < -0.39 is 9.84 Å². The van der Waals surface area contributed by atoms with E-state index in [1.165, 1.54) is 23.1 Å². The number of sulfone groups is 1. The molecule has 1 atom stereocenters. The summed E-state index contributed by atoms with van der Waals surface area (Å²) in [7, 11) is -3.04. The van der Waals surface area contributed by atoms with Crippen LogP contribution in [-0.4, -0.2) is 59.0 Å². The number of hydrogen-bond donors (Lipinski definition) is 1. The first-order chi connectivity index (χ1) is 11.9. The molecule has 25 heavy (non-hydrogen) atoms. The Morgan fingerprint density at radius 2 is 2.32 bits per heavy atom. The summed E-state index contributed by atoms with van der Waals surface area (Å²) in [5, 5.41) is 2.75. The fourth-order valence-electron chi connectivity index (χ4n) is 2.90. The van der Waals surface area contributed by atoms with Crippen LogP contribution in [0.15, 0.2) is 21.4 Å². The Morgan fingerprint density at radius 3 is 3.00 bits per heavy atom. The van der Waals surface area contributed by atoms with E-state index in [9.17, 15) is 18.0 Å². The number of hydrogen-bond acceptors (Lipinski definition) is 7. The van der Waals surface area contributed by atoms with Gasteiger partial charge in [-0.25, -0.2) is 13.4 Å². The highest BCUT2D eigenvalue weighted by molar-refractivity contribution is 7.99. The van der Waals surface area contributed by atoms with E-state index in [4.69, 9.17) is 0 Å². The third-order valence-corrected chi connectivity index (χ3v) is 7.49. The van der Waals surface area contributed by atoms with Crippen LogP contribution in [-0.2, 0) is 14.6 Å². The molecule has 0 spiro atoms. The van der Waals surface area contributed by atoms with E-state index >= 15 is 0 Å². The SMILES string of the molecule is CCCN(C(=O)CSc1nc2sccc2c(=O)[nH]1)C1CCS(=O)(=O)C1. The van der Waals surface area contributed by atoms with Crippen LogP contribution in [0.5, 0.6) is 0 Å². The van der Waals surface area contributed by atoms with Gasteiger partial charge in [0.1, 0.15) is 4.83 Å². The van der Waals surface area contributed by atoms with Gasteiger partial charge < -0.3 is 9.88 Å². The van der Waals surface area contributed by atoms with Crippen molar-refractivity contribution in [2.24, 2.45) is 0 Å². The van der Waals surface area contributed by atoms with Gasteiger partial charge in [-0.05, 0) is 24.3 Å². The van der Waals surface area contributed by atoms with Gasteiger partial charge in [0, 0.05) is 12.6 Å². The second-order valence-corrected chi connectivity index (χ2v) is 10.0. The molecule has 1 aliphatic rings. The molecule has 2 aromatic heterocycles. The number of nitrogens with zero attached hydrogens (tertiary/aromatic N) is 2. The molecule has 7 nitrogen and oxygen atoms in total. The Hall–Kier alpha value is -1.39. The van der Waals surface area contributed by atoms with E-state index in [-0.39, 0.29) is 34.8 Å². The molecule has 1 amide bonds. The molecule has 1 N–H and O–H groups in total. The monoisotopic (exact) mass is 401 g/mol. The molecule has 1 fully saturated rings. The third-order valence-electron chi connectivity index (χ3n) is 4.08. The number of rotatable bonds is 6. The van der Waals surface area contributed by atoms with Crippen LogP contribution >= 0.6 is 23.1 Å². The molecule has 10 heteroatoms. The Morgan fingerprint density at radius 1 is 1.52 bits per heavy atom. The Kier molecular flexibility index (Phi) is 5.49. The largest absolute Gasteiger partial charge is 0.338 e. The van der Waals surface area contributed by atoms with Crippen LogP contribution in [0.4, 0.5) is 0 Å².